The molecule has 1 saturated heterocycles. The zero-order valence-electron chi connectivity index (χ0n) is 9.79. The maximum absolute atomic E-state index is 3.37. The molecule has 0 bridgehead atoms. The zero-order chi connectivity index (χ0) is 10.1. The average Bonchev–Trinajstić information content (AvgIpc) is 2.06. The maximum atomic E-state index is 3.37. The molecule has 1 heterocycles. The van der Waals surface area contributed by atoms with Crippen LogP contribution in [0.25, 0.3) is 0 Å². The van der Waals surface area contributed by atoms with Gasteiger partial charge in [0.25, 0.3) is 0 Å². The number of hydrogen-bond donors (Lipinski definition) is 1. The molecule has 2 nitrogen and oxygen atoms in total. The van der Waals surface area contributed by atoms with E-state index in [0.717, 1.165) is 23.9 Å². The molecule has 2 aliphatic rings. The maximum Gasteiger partial charge on any atom is 0.0345 e. The van der Waals surface area contributed by atoms with Crippen LogP contribution in [0, 0.1) is 11.8 Å². The van der Waals surface area contributed by atoms with Gasteiger partial charge in [-0.3, -0.25) is 4.90 Å². The van der Waals surface area contributed by atoms with E-state index in [1.54, 1.807) is 0 Å². The van der Waals surface area contributed by atoms with Crippen molar-refractivity contribution in [2.45, 2.75) is 45.2 Å². The molecule has 0 amide bonds. The predicted octanol–water partition coefficient (Wildman–Crippen LogP) is 1.71. The van der Waals surface area contributed by atoms with Gasteiger partial charge in [0, 0.05) is 25.2 Å². The lowest BCUT2D eigenvalue weighted by Crippen LogP contribution is -2.60. The molecule has 0 aromatic carbocycles. The Morgan fingerprint density at radius 3 is 2.43 bits per heavy atom. The minimum absolute atomic E-state index is 0.813. The van der Waals surface area contributed by atoms with Crippen LogP contribution in [-0.2, 0) is 0 Å². The number of likely N-dealkylation sites (N-methyl/N-ethyl adjacent to an activating group) is 1. The summed E-state index contributed by atoms with van der Waals surface area (Å²) in [7, 11) is 2.32. The molecule has 3 unspecified atom stereocenters. The van der Waals surface area contributed by atoms with E-state index in [1.165, 1.54) is 32.4 Å². The Balaban J connectivity index is 1.92. The Morgan fingerprint density at radius 1 is 1.14 bits per heavy atom. The van der Waals surface area contributed by atoms with Crippen LogP contribution >= 0.6 is 0 Å². The van der Waals surface area contributed by atoms with E-state index in [1.807, 2.05) is 0 Å². The van der Waals surface area contributed by atoms with Crippen LogP contribution in [0.5, 0.6) is 0 Å². The van der Waals surface area contributed by atoms with Crippen molar-refractivity contribution >= 4 is 0 Å². The molecular weight excluding hydrogens is 172 g/mol. The van der Waals surface area contributed by atoms with E-state index >= 15 is 0 Å². The first kappa shape index (κ1) is 10.4. The number of hydrogen-bond acceptors (Lipinski definition) is 2. The summed E-state index contributed by atoms with van der Waals surface area (Å²) in [5.41, 5.74) is 0. The van der Waals surface area contributed by atoms with Crippen molar-refractivity contribution < 1.29 is 0 Å². The van der Waals surface area contributed by atoms with Crippen LogP contribution in [0.15, 0.2) is 0 Å². The Bertz CT molecular complexity index is 189. The molecule has 82 valence electrons. The smallest absolute Gasteiger partial charge is 0.0345 e. The third kappa shape index (κ3) is 1.96. The van der Waals surface area contributed by atoms with Crippen molar-refractivity contribution in [3.05, 3.63) is 0 Å². The van der Waals surface area contributed by atoms with E-state index in [0.29, 0.717) is 0 Å². The van der Waals surface area contributed by atoms with Gasteiger partial charge in [-0.15, -0.1) is 0 Å². The molecule has 1 N–H and O–H groups in total. The summed E-state index contributed by atoms with van der Waals surface area (Å²) in [5.74, 6) is 1.84. The monoisotopic (exact) mass is 196 g/mol. The fourth-order valence-electron chi connectivity index (χ4n) is 2.90. The van der Waals surface area contributed by atoms with Gasteiger partial charge in [-0.2, -0.15) is 0 Å². The summed E-state index contributed by atoms with van der Waals surface area (Å²) < 4.78 is 0. The summed E-state index contributed by atoms with van der Waals surface area (Å²) >= 11 is 0. The van der Waals surface area contributed by atoms with Crippen molar-refractivity contribution in [2.75, 3.05) is 20.1 Å². The number of nitrogens with zero attached hydrogens (tertiary/aromatic N) is 1. The summed E-state index contributed by atoms with van der Waals surface area (Å²) in [6.07, 6.45) is 4.28. The fourth-order valence-corrected chi connectivity index (χ4v) is 2.90. The lowest BCUT2D eigenvalue weighted by atomic mass is 9.79. The predicted molar refractivity (Wildman–Crippen MR) is 60.4 cm³/mol. The molecule has 0 spiro atoms. The fraction of sp³-hybridized carbons (Fsp3) is 1.00. The highest BCUT2D eigenvalue weighted by Crippen LogP contribution is 2.32. The first-order valence-electron chi connectivity index (χ1n) is 6.11. The second kappa shape index (κ2) is 4.19. The van der Waals surface area contributed by atoms with Gasteiger partial charge >= 0.3 is 0 Å². The van der Waals surface area contributed by atoms with Crippen LogP contribution in [-0.4, -0.2) is 37.1 Å². The Kier molecular flexibility index (Phi) is 3.13. The normalized spacial score (nSPS) is 39.9. The van der Waals surface area contributed by atoms with Gasteiger partial charge in [-0.25, -0.2) is 0 Å². The SMILES string of the molecule is CC1CCC(C)C(N(C)C2CNC2)C1. The topological polar surface area (TPSA) is 15.3 Å². The van der Waals surface area contributed by atoms with E-state index in [4.69, 9.17) is 0 Å². The summed E-state index contributed by atoms with van der Waals surface area (Å²) in [5, 5.41) is 3.37. The third-order valence-electron chi connectivity index (χ3n) is 4.27. The van der Waals surface area contributed by atoms with E-state index < -0.39 is 0 Å². The van der Waals surface area contributed by atoms with Gasteiger partial charge in [0.1, 0.15) is 0 Å². The molecule has 1 aliphatic heterocycles. The molecule has 14 heavy (non-hydrogen) atoms. The Morgan fingerprint density at radius 2 is 1.86 bits per heavy atom. The van der Waals surface area contributed by atoms with Crippen LogP contribution in [0.1, 0.15) is 33.1 Å². The summed E-state index contributed by atoms with van der Waals surface area (Å²) in [6, 6.07) is 1.65. The second-order valence-corrected chi connectivity index (χ2v) is 5.44. The van der Waals surface area contributed by atoms with Gasteiger partial charge in [0.05, 0.1) is 0 Å². The minimum Gasteiger partial charge on any atom is -0.314 e. The second-order valence-electron chi connectivity index (χ2n) is 5.44. The average molecular weight is 196 g/mol. The van der Waals surface area contributed by atoms with Crippen LogP contribution in [0.2, 0.25) is 0 Å². The summed E-state index contributed by atoms with van der Waals surface area (Å²) in [6.45, 7) is 7.24. The van der Waals surface area contributed by atoms with Crippen molar-refractivity contribution in [3.63, 3.8) is 0 Å². The first-order chi connectivity index (χ1) is 6.68. The standard InChI is InChI=1S/C12H24N2/c1-9-4-5-10(2)12(6-9)14(3)11-7-13-8-11/h9-13H,4-8H2,1-3H3. The van der Waals surface area contributed by atoms with E-state index in [-0.39, 0.29) is 0 Å². The Hall–Kier alpha value is -0.0800. The quantitative estimate of drug-likeness (QED) is 0.723. The molecule has 0 aromatic heterocycles. The zero-order valence-corrected chi connectivity index (χ0v) is 9.79. The van der Waals surface area contributed by atoms with Crippen molar-refractivity contribution in [1.82, 2.24) is 10.2 Å². The molecule has 0 radical (unpaired) electrons. The molecule has 0 aromatic rings. The van der Waals surface area contributed by atoms with Crippen molar-refractivity contribution in [1.29, 1.82) is 0 Å². The number of rotatable bonds is 2. The van der Waals surface area contributed by atoms with E-state index in [9.17, 15) is 0 Å². The van der Waals surface area contributed by atoms with Gasteiger partial charge in [0.2, 0.25) is 0 Å². The first-order valence-corrected chi connectivity index (χ1v) is 6.11. The molecule has 2 rings (SSSR count). The van der Waals surface area contributed by atoms with E-state index in [2.05, 4.69) is 31.1 Å². The molecular formula is C12H24N2. The molecule has 1 aliphatic carbocycles. The highest BCUT2D eigenvalue weighted by atomic mass is 15.2. The number of nitrogens with one attached hydrogen (secondary N) is 1. The van der Waals surface area contributed by atoms with Crippen molar-refractivity contribution in [2.24, 2.45) is 11.8 Å². The van der Waals surface area contributed by atoms with Gasteiger partial charge in [-0.1, -0.05) is 20.3 Å². The van der Waals surface area contributed by atoms with Crippen LogP contribution in [0.4, 0.5) is 0 Å². The third-order valence-corrected chi connectivity index (χ3v) is 4.27. The minimum atomic E-state index is 0.813. The molecule has 3 atom stereocenters. The van der Waals surface area contributed by atoms with Gasteiger partial charge in [0.15, 0.2) is 0 Å². The van der Waals surface area contributed by atoms with Gasteiger partial charge in [-0.05, 0) is 31.7 Å². The highest BCUT2D eigenvalue weighted by Gasteiger charge is 2.33. The van der Waals surface area contributed by atoms with Crippen LogP contribution in [0.3, 0.4) is 0 Å². The van der Waals surface area contributed by atoms with Crippen LogP contribution < -0.4 is 5.32 Å². The molecule has 1 saturated carbocycles. The molecule has 2 heteroatoms. The van der Waals surface area contributed by atoms with Gasteiger partial charge < -0.3 is 5.32 Å². The lowest BCUT2D eigenvalue weighted by Gasteiger charge is -2.45. The highest BCUT2D eigenvalue weighted by molar-refractivity contribution is 4.90. The lowest BCUT2D eigenvalue weighted by molar-refractivity contribution is 0.0557. The Labute approximate surface area is 88.1 Å². The molecule has 2 fully saturated rings. The van der Waals surface area contributed by atoms with Crippen molar-refractivity contribution in [3.8, 4) is 0 Å². The summed E-state index contributed by atoms with van der Waals surface area (Å²) in [4.78, 5) is 2.64. The largest absolute Gasteiger partial charge is 0.314 e.